The average Bonchev–Trinajstić information content (AvgIpc) is 3.83. The molecule has 289 valence electrons. The lowest BCUT2D eigenvalue weighted by atomic mass is 9.80. The molecule has 11 nitrogen and oxygen atoms in total. The quantitative estimate of drug-likeness (QED) is 0.0910. The second kappa shape index (κ2) is 16.0. The molecule has 0 spiro atoms. The molecular weight excluding hydrogens is 723 g/mol. The smallest absolute Gasteiger partial charge is 0.256 e. The van der Waals surface area contributed by atoms with Gasteiger partial charge in [0.15, 0.2) is 31.5 Å². The number of carbonyl (C=O) groups excluding carboxylic acids is 1. The first-order valence-electron chi connectivity index (χ1n) is 18.6. The molecule has 1 aliphatic rings. The van der Waals surface area contributed by atoms with Gasteiger partial charge in [0.1, 0.15) is 23.4 Å². The summed E-state index contributed by atoms with van der Waals surface area (Å²) in [5.74, 6) is 1.49. The molecule has 1 fully saturated rings. The van der Waals surface area contributed by atoms with Crippen LogP contribution >= 0.6 is 0 Å². The summed E-state index contributed by atoms with van der Waals surface area (Å²) in [6, 6.07) is 35.1. The van der Waals surface area contributed by atoms with Crippen LogP contribution in [-0.2, 0) is 19.5 Å². The van der Waals surface area contributed by atoms with Crippen LogP contribution in [0, 0.1) is 6.42 Å². The second-order valence-electron chi connectivity index (χ2n) is 15.3. The highest BCUT2D eigenvalue weighted by Crippen LogP contribution is 2.45. The average molecular weight is 771 g/mol. The number of methoxy groups -OCH3 is 2. The number of rotatable bonds is 13. The summed E-state index contributed by atoms with van der Waals surface area (Å²) in [5.41, 5.74) is 3.19. The number of hydrogen-bond acceptors (Lipinski definition) is 9. The van der Waals surface area contributed by atoms with Gasteiger partial charge >= 0.3 is 0 Å². The van der Waals surface area contributed by atoms with Crippen molar-refractivity contribution in [1.29, 1.82) is 0 Å². The van der Waals surface area contributed by atoms with Gasteiger partial charge in [-0.2, -0.15) is 0 Å². The topological polar surface area (TPSA) is 119 Å². The maximum Gasteiger partial charge on any atom is 0.256 e. The van der Waals surface area contributed by atoms with E-state index in [1.54, 1.807) is 32.7 Å². The fourth-order valence-electron chi connectivity index (χ4n) is 6.72. The van der Waals surface area contributed by atoms with Gasteiger partial charge in [-0.3, -0.25) is 9.36 Å². The van der Waals surface area contributed by atoms with Gasteiger partial charge in [0, 0.05) is 12.0 Å². The molecule has 7 rings (SSSR count). The maximum atomic E-state index is 13.1. The van der Waals surface area contributed by atoms with E-state index in [-0.39, 0.29) is 17.6 Å². The van der Waals surface area contributed by atoms with Crippen molar-refractivity contribution >= 4 is 31.2 Å². The number of hydrogen-bond donors (Lipinski definition) is 1. The fraction of sp³-hybridized carbons (Fsp3) is 0.295. The van der Waals surface area contributed by atoms with Gasteiger partial charge in [0.25, 0.3) is 5.91 Å². The molecule has 4 aromatic carbocycles. The number of anilines is 1. The van der Waals surface area contributed by atoms with E-state index in [0.29, 0.717) is 22.5 Å². The highest BCUT2D eigenvalue weighted by molar-refractivity contribution is 6.74. The lowest BCUT2D eigenvalue weighted by molar-refractivity contribution is -0.0820. The first-order chi connectivity index (χ1) is 26.9. The monoisotopic (exact) mass is 770 g/mol. The Bertz CT molecular complexity index is 2200. The van der Waals surface area contributed by atoms with Crippen LogP contribution in [0.5, 0.6) is 11.5 Å². The van der Waals surface area contributed by atoms with Crippen LogP contribution in [-0.4, -0.2) is 66.8 Å². The van der Waals surface area contributed by atoms with Crippen molar-refractivity contribution < 1.29 is 28.2 Å². The molecule has 0 unspecified atom stereocenters. The molecule has 0 bridgehead atoms. The van der Waals surface area contributed by atoms with E-state index in [4.69, 9.17) is 23.4 Å². The fourth-order valence-corrected chi connectivity index (χ4v) is 7.95. The predicted molar refractivity (Wildman–Crippen MR) is 218 cm³/mol. The first kappa shape index (κ1) is 38.9. The Morgan fingerprint density at radius 1 is 0.786 bits per heavy atom. The predicted octanol–water partition coefficient (Wildman–Crippen LogP) is 8.60. The second-order valence-corrected chi connectivity index (χ2v) is 20.0. The number of nitrogens with zero attached hydrogens (tertiary/aromatic N) is 4. The lowest BCUT2D eigenvalue weighted by Gasteiger charge is -2.39. The van der Waals surface area contributed by atoms with Crippen LogP contribution < -0.4 is 14.8 Å². The first-order valence-corrected chi connectivity index (χ1v) is 21.5. The molecule has 2 aromatic heterocycles. The maximum absolute atomic E-state index is 13.1. The minimum atomic E-state index is -2.33. The summed E-state index contributed by atoms with van der Waals surface area (Å²) in [6.07, 6.45) is 3.59. The molecule has 1 amide bonds. The van der Waals surface area contributed by atoms with E-state index in [2.05, 4.69) is 72.7 Å². The highest BCUT2D eigenvalue weighted by atomic mass is 28.4. The normalized spacial score (nSPS) is 17.5. The van der Waals surface area contributed by atoms with Crippen LogP contribution in [0.15, 0.2) is 122 Å². The Morgan fingerprint density at radius 2 is 1.36 bits per heavy atom. The third-order valence-electron chi connectivity index (χ3n) is 10.8. The van der Waals surface area contributed by atoms with Crippen LogP contribution in [0.1, 0.15) is 54.0 Å². The number of imidazole rings is 1. The minimum absolute atomic E-state index is 0.0702. The van der Waals surface area contributed by atoms with E-state index >= 15 is 0 Å². The molecule has 6 aromatic rings. The Morgan fingerprint density at radius 3 is 1.93 bits per heavy atom. The summed E-state index contributed by atoms with van der Waals surface area (Å²) in [6.45, 7) is 11.3. The number of fused-ring (bicyclic) bond motifs is 1. The Balaban J connectivity index is 1.25. The third kappa shape index (κ3) is 7.70. The van der Waals surface area contributed by atoms with Gasteiger partial charge in [-0.05, 0) is 71.2 Å². The number of carbonyl (C=O) groups is 1. The molecule has 1 aliphatic heterocycles. The zero-order valence-electron chi connectivity index (χ0n) is 32.8. The number of benzene rings is 4. The molecule has 3 atom stereocenters. The molecule has 1 saturated heterocycles. The van der Waals surface area contributed by atoms with Crippen LogP contribution in [0.3, 0.4) is 0 Å². The Kier molecular flexibility index (Phi) is 11.1. The molecule has 56 heavy (non-hydrogen) atoms. The van der Waals surface area contributed by atoms with Crippen molar-refractivity contribution in [2.24, 2.45) is 0 Å². The summed E-state index contributed by atoms with van der Waals surface area (Å²) in [5, 5.41) is 2.84. The Labute approximate surface area is 329 Å². The summed E-state index contributed by atoms with van der Waals surface area (Å²) in [4.78, 5) is 26.8. The molecule has 1 radical (unpaired) electrons. The van der Waals surface area contributed by atoms with E-state index in [0.717, 1.165) is 28.2 Å². The van der Waals surface area contributed by atoms with E-state index in [1.807, 2.05) is 89.5 Å². The zero-order chi connectivity index (χ0) is 39.5. The van der Waals surface area contributed by atoms with Gasteiger partial charge in [-0.1, -0.05) is 93.6 Å². The van der Waals surface area contributed by atoms with Gasteiger partial charge in [-0.25, -0.2) is 15.0 Å². The van der Waals surface area contributed by atoms with Gasteiger partial charge in [0.2, 0.25) is 0 Å². The van der Waals surface area contributed by atoms with Crippen molar-refractivity contribution in [3.63, 3.8) is 0 Å². The van der Waals surface area contributed by atoms with Gasteiger partial charge < -0.3 is 28.7 Å². The highest BCUT2D eigenvalue weighted by Gasteiger charge is 2.47. The van der Waals surface area contributed by atoms with E-state index in [9.17, 15) is 4.79 Å². The summed E-state index contributed by atoms with van der Waals surface area (Å²) >= 11 is 0. The van der Waals surface area contributed by atoms with Crippen LogP contribution in [0.4, 0.5) is 5.82 Å². The standard InChI is InChI=1S/C44H48N5O6Si/c1-43(2,3)56(6,7)55-37-26-36(54-42(37)49-29-47-38-39(45-28-46-40(38)49)48-41(50)30-14-10-8-11-15-30)27-53-44(31-16-12-9-13-17-31,32-18-22-34(51-4)23-19-32)33-20-24-35(52-5)25-21-33/h8-26,28-29,36-37,42H,27H2,1-7H3,(H,45,46,48,50)/t36-,37-,42-/m1/s1. The van der Waals surface area contributed by atoms with Crippen LogP contribution in [0.25, 0.3) is 11.2 Å². The van der Waals surface area contributed by atoms with Gasteiger partial charge in [-0.15, -0.1) is 0 Å². The summed E-state index contributed by atoms with van der Waals surface area (Å²) < 4.78 is 34.2. The van der Waals surface area contributed by atoms with Crippen molar-refractivity contribution in [1.82, 2.24) is 19.5 Å². The SMILES string of the molecule is COc1ccc(C(OC[C@H]2[CH][C@@H](O[Si](C)(C)C(C)(C)C)[C@H](n3cnc4c(NC(=O)c5ccccc5)ncnc43)O2)(c2ccccc2)c2ccc(OC)cc2)cc1. The van der Waals surface area contributed by atoms with E-state index < -0.39 is 32.4 Å². The molecule has 1 N–H and O–H groups in total. The Hall–Kier alpha value is -5.40. The lowest BCUT2D eigenvalue weighted by Crippen LogP contribution is -2.45. The van der Waals surface area contributed by atoms with Gasteiger partial charge in [0.05, 0.1) is 39.4 Å². The number of ether oxygens (including phenoxy) is 4. The molecule has 3 heterocycles. The molecule has 0 aliphatic carbocycles. The van der Waals surface area contributed by atoms with Crippen molar-refractivity contribution in [3.05, 3.63) is 151 Å². The largest absolute Gasteiger partial charge is 0.497 e. The number of amides is 1. The number of nitrogens with one attached hydrogen (secondary N) is 1. The summed E-state index contributed by atoms with van der Waals surface area (Å²) in [7, 11) is 0.984. The minimum Gasteiger partial charge on any atom is -0.497 e. The third-order valence-corrected chi connectivity index (χ3v) is 15.2. The van der Waals surface area contributed by atoms with E-state index in [1.165, 1.54) is 6.33 Å². The van der Waals surface area contributed by atoms with Crippen LogP contribution in [0.2, 0.25) is 18.1 Å². The van der Waals surface area contributed by atoms with Crippen molar-refractivity contribution in [2.45, 2.75) is 62.9 Å². The number of aromatic nitrogens is 4. The zero-order valence-corrected chi connectivity index (χ0v) is 33.8. The molecule has 0 saturated carbocycles. The van der Waals surface area contributed by atoms with Crippen molar-refractivity contribution in [2.75, 3.05) is 26.1 Å². The van der Waals surface area contributed by atoms with Crippen molar-refractivity contribution in [3.8, 4) is 11.5 Å². The molecular formula is C44H48N5O6Si. The molecule has 12 heteroatoms.